The Morgan fingerprint density at radius 3 is 3.00 bits per heavy atom. The normalized spacial score (nSPS) is 15.0. The number of aromatic carboxylic acids is 1. The molecule has 14 heavy (non-hydrogen) atoms. The predicted molar refractivity (Wildman–Crippen MR) is 51.9 cm³/mol. The van der Waals surface area contributed by atoms with E-state index in [9.17, 15) is 9.59 Å². The summed E-state index contributed by atoms with van der Waals surface area (Å²) in [4.78, 5) is 22.3. The second kappa shape index (κ2) is 3.34. The smallest absolute Gasteiger partial charge is 0.352 e. The van der Waals surface area contributed by atoms with E-state index in [1.54, 1.807) is 12.1 Å². The number of carboxylic acid groups (broad SMARTS) is 1. The van der Waals surface area contributed by atoms with Gasteiger partial charge in [-0.2, -0.15) is 0 Å². The molecule has 0 fully saturated rings. The highest BCUT2D eigenvalue weighted by Crippen LogP contribution is 2.24. The van der Waals surface area contributed by atoms with Crippen molar-refractivity contribution in [2.45, 2.75) is 5.03 Å². The fraction of sp³-hybridized carbons (Fsp3) is 0.111. The van der Waals surface area contributed by atoms with E-state index in [2.05, 4.69) is 0 Å². The molecular weight excluding hydrogens is 202 g/mol. The van der Waals surface area contributed by atoms with Gasteiger partial charge in [-0.1, -0.05) is 6.08 Å². The van der Waals surface area contributed by atoms with Crippen molar-refractivity contribution in [2.24, 2.45) is 0 Å². The molecular formula is C9H7NO3S. The summed E-state index contributed by atoms with van der Waals surface area (Å²) >= 11 is 1.44. The van der Waals surface area contributed by atoms with E-state index in [4.69, 9.17) is 5.11 Å². The van der Waals surface area contributed by atoms with E-state index in [-0.39, 0.29) is 11.6 Å². The van der Waals surface area contributed by atoms with Crippen LogP contribution in [0.25, 0.3) is 0 Å². The molecule has 1 aliphatic rings. The molecule has 0 bridgehead atoms. The number of carbonyl (C=O) groups is 2. The summed E-state index contributed by atoms with van der Waals surface area (Å²) in [6.07, 6.45) is 3.13. The molecule has 0 saturated heterocycles. The van der Waals surface area contributed by atoms with Gasteiger partial charge in [-0.05, 0) is 12.1 Å². The molecule has 0 saturated carbocycles. The fourth-order valence-corrected chi connectivity index (χ4v) is 2.13. The second-order valence-electron chi connectivity index (χ2n) is 2.75. The molecule has 1 aromatic heterocycles. The molecule has 1 aliphatic heterocycles. The van der Waals surface area contributed by atoms with E-state index in [1.807, 2.05) is 0 Å². The van der Waals surface area contributed by atoms with Crippen molar-refractivity contribution in [3.8, 4) is 0 Å². The minimum absolute atomic E-state index is 0.0176. The van der Waals surface area contributed by atoms with Crippen molar-refractivity contribution in [2.75, 3.05) is 5.75 Å². The summed E-state index contributed by atoms with van der Waals surface area (Å²) in [7, 11) is 0. The number of rotatable bonds is 1. The first kappa shape index (κ1) is 9.08. The van der Waals surface area contributed by atoms with Gasteiger partial charge in [0.05, 0.1) is 5.03 Å². The van der Waals surface area contributed by atoms with Gasteiger partial charge >= 0.3 is 5.97 Å². The number of nitrogens with zero attached hydrogens (tertiary/aromatic N) is 1. The van der Waals surface area contributed by atoms with Crippen LogP contribution < -0.4 is 0 Å². The van der Waals surface area contributed by atoms with Gasteiger partial charge in [0.2, 0.25) is 0 Å². The lowest BCUT2D eigenvalue weighted by atomic mass is 10.4. The molecule has 2 heterocycles. The van der Waals surface area contributed by atoms with Crippen LogP contribution in [0.2, 0.25) is 0 Å². The minimum Gasteiger partial charge on any atom is -0.477 e. The zero-order chi connectivity index (χ0) is 10.1. The van der Waals surface area contributed by atoms with E-state index in [0.29, 0.717) is 10.8 Å². The summed E-state index contributed by atoms with van der Waals surface area (Å²) in [6.45, 7) is 0. The topological polar surface area (TPSA) is 59.3 Å². The summed E-state index contributed by atoms with van der Waals surface area (Å²) in [5, 5.41) is 9.51. The van der Waals surface area contributed by atoms with Crippen LogP contribution in [-0.2, 0) is 0 Å². The second-order valence-corrected chi connectivity index (χ2v) is 3.79. The Balaban J connectivity index is 2.59. The number of carbonyl (C=O) groups excluding carboxylic acids is 1. The molecule has 1 N–H and O–H groups in total. The summed E-state index contributed by atoms with van der Waals surface area (Å²) < 4.78 is 1.22. The highest BCUT2D eigenvalue weighted by molar-refractivity contribution is 7.99. The van der Waals surface area contributed by atoms with Crippen LogP contribution in [0, 0.1) is 0 Å². The number of carboxylic acids is 1. The molecule has 0 atom stereocenters. The third-order valence-electron chi connectivity index (χ3n) is 1.87. The van der Waals surface area contributed by atoms with Gasteiger partial charge < -0.3 is 5.11 Å². The van der Waals surface area contributed by atoms with Crippen molar-refractivity contribution in [3.05, 3.63) is 30.0 Å². The Kier molecular flexibility index (Phi) is 2.17. The van der Waals surface area contributed by atoms with E-state index < -0.39 is 5.97 Å². The first-order chi connectivity index (χ1) is 6.70. The highest BCUT2D eigenvalue weighted by atomic mass is 32.2. The Bertz CT molecular complexity index is 433. The molecule has 0 unspecified atom stereocenters. The van der Waals surface area contributed by atoms with Crippen molar-refractivity contribution in [3.63, 3.8) is 0 Å². The van der Waals surface area contributed by atoms with Gasteiger partial charge in [0, 0.05) is 11.8 Å². The van der Waals surface area contributed by atoms with Gasteiger partial charge in [-0.15, -0.1) is 11.8 Å². The minimum atomic E-state index is -1.08. The third kappa shape index (κ3) is 1.35. The molecule has 4 nitrogen and oxygen atoms in total. The zero-order valence-corrected chi connectivity index (χ0v) is 7.95. The first-order valence-electron chi connectivity index (χ1n) is 3.99. The van der Waals surface area contributed by atoms with Crippen LogP contribution in [0.4, 0.5) is 0 Å². The fourth-order valence-electron chi connectivity index (χ4n) is 1.28. The molecule has 0 amide bonds. The maximum absolute atomic E-state index is 11.5. The largest absolute Gasteiger partial charge is 0.477 e. The number of allylic oxidation sites excluding steroid dienone is 1. The number of hydrogen-bond donors (Lipinski definition) is 1. The molecule has 0 spiro atoms. The van der Waals surface area contributed by atoms with Crippen LogP contribution >= 0.6 is 11.8 Å². The molecule has 0 radical (unpaired) electrons. The van der Waals surface area contributed by atoms with Crippen molar-refractivity contribution in [1.29, 1.82) is 0 Å². The molecule has 2 rings (SSSR count). The first-order valence-corrected chi connectivity index (χ1v) is 4.97. The maximum Gasteiger partial charge on any atom is 0.352 e. The molecule has 0 aromatic carbocycles. The van der Waals surface area contributed by atoms with Crippen LogP contribution in [0.15, 0.2) is 29.3 Å². The summed E-state index contributed by atoms with van der Waals surface area (Å²) in [5.74, 6) is -0.692. The van der Waals surface area contributed by atoms with E-state index in [0.717, 1.165) is 0 Å². The Labute approximate surface area is 84.2 Å². The predicted octanol–water partition coefficient (Wildman–Crippen LogP) is 1.49. The Morgan fingerprint density at radius 1 is 1.50 bits per heavy atom. The quantitative estimate of drug-likeness (QED) is 0.761. The van der Waals surface area contributed by atoms with Crippen LogP contribution in [0.3, 0.4) is 0 Å². The Hall–Kier alpha value is -1.49. The molecule has 5 heteroatoms. The van der Waals surface area contributed by atoms with Gasteiger partial charge in [0.15, 0.2) is 0 Å². The number of thioether (sulfide) groups is 1. The monoisotopic (exact) mass is 209 g/mol. The van der Waals surface area contributed by atoms with Gasteiger partial charge in [0.25, 0.3) is 5.91 Å². The average molecular weight is 209 g/mol. The van der Waals surface area contributed by atoms with Crippen molar-refractivity contribution < 1.29 is 14.7 Å². The summed E-state index contributed by atoms with van der Waals surface area (Å²) in [6, 6.07) is 3.10. The lowest BCUT2D eigenvalue weighted by Gasteiger charge is -2.03. The maximum atomic E-state index is 11.5. The highest BCUT2D eigenvalue weighted by Gasteiger charge is 2.19. The van der Waals surface area contributed by atoms with Crippen LogP contribution in [0.1, 0.15) is 15.3 Å². The zero-order valence-electron chi connectivity index (χ0n) is 7.14. The number of aromatic nitrogens is 1. The van der Waals surface area contributed by atoms with Crippen LogP contribution in [0.5, 0.6) is 0 Å². The third-order valence-corrected chi connectivity index (χ3v) is 2.85. The molecule has 1 aromatic rings. The van der Waals surface area contributed by atoms with E-state index in [1.165, 1.54) is 28.5 Å². The number of hydrogen-bond acceptors (Lipinski definition) is 3. The van der Waals surface area contributed by atoms with Crippen LogP contribution in [-0.4, -0.2) is 27.3 Å². The van der Waals surface area contributed by atoms with Gasteiger partial charge in [-0.3, -0.25) is 9.36 Å². The van der Waals surface area contributed by atoms with Crippen molar-refractivity contribution >= 4 is 23.6 Å². The van der Waals surface area contributed by atoms with Gasteiger partial charge in [0.1, 0.15) is 5.69 Å². The number of fused-ring (bicyclic) bond motifs is 1. The average Bonchev–Trinajstić information content (AvgIpc) is 2.48. The Morgan fingerprint density at radius 2 is 2.29 bits per heavy atom. The lowest BCUT2D eigenvalue weighted by molar-refractivity contribution is 0.0675. The lowest BCUT2D eigenvalue weighted by Crippen LogP contribution is -2.14. The SMILES string of the molecule is O=C(O)c1ccc2n1C(=O)C=CCS2. The molecule has 72 valence electrons. The van der Waals surface area contributed by atoms with Crippen molar-refractivity contribution in [1.82, 2.24) is 4.57 Å². The van der Waals surface area contributed by atoms with E-state index >= 15 is 0 Å². The molecule has 0 aliphatic carbocycles. The standard InChI is InChI=1S/C9H7NO3S/c11-7-2-1-5-14-8-4-3-6(9(12)13)10(7)8/h1-4H,5H2,(H,12,13). The summed E-state index contributed by atoms with van der Waals surface area (Å²) in [5.41, 5.74) is 0.0176. The van der Waals surface area contributed by atoms with Gasteiger partial charge in [-0.25, -0.2) is 4.79 Å².